The van der Waals surface area contributed by atoms with E-state index in [0.717, 1.165) is 42.2 Å². The van der Waals surface area contributed by atoms with Gasteiger partial charge in [-0.1, -0.05) is 0 Å². The molecule has 4 aromatic rings. The number of nitrogens with one attached hydrogen (secondary N) is 1. The zero-order valence-electron chi connectivity index (χ0n) is 17.8. The summed E-state index contributed by atoms with van der Waals surface area (Å²) in [5, 5.41) is 1.21. The average molecular weight is 415 g/mol. The normalized spacial score (nSPS) is 14.0. The molecule has 4 heterocycles. The Kier molecular flexibility index (Phi) is 5.03. The third-order valence-electron chi connectivity index (χ3n) is 6.01. The fraction of sp³-hybridized carbons (Fsp3) is 0.292. The molecule has 5 rings (SSSR count). The number of pyridine rings is 1. The van der Waals surface area contributed by atoms with Crippen LogP contribution in [-0.4, -0.2) is 38.1 Å². The Morgan fingerprint density at radius 1 is 1.19 bits per heavy atom. The second-order valence-electron chi connectivity index (χ2n) is 7.86. The Hall–Kier alpha value is -3.45. The van der Waals surface area contributed by atoms with Crippen LogP contribution in [0.1, 0.15) is 23.7 Å². The molecule has 0 atom stereocenters. The van der Waals surface area contributed by atoms with E-state index in [1.807, 2.05) is 18.2 Å². The molecule has 0 amide bonds. The summed E-state index contributed by atoms with van der Waals surface area (Å²) in [6, 6.07) is 9.96. The van der Waals surface area contributed by atoms with Crippen molar-refractivity contribution in [2.24, 2.45) is 0 Å². The molecule has 0 saturated heterocycles. The summed E-state index contributed by atoms with van der Waals surface area (Å²) >= 11 is 0. The molecule has 1 aliphatic heterocycles. The predicted molar refractivity (Wildman–Crippen MR) is 120 cm³/mol. The van der Waals surface area contributed by atoms with Crippen molar-refractivity contribution >= 4 is 10.9 Å². The van der Waals surface area contributed by atoms with E-state index in [1.165, 1.54) is 16.5 Å². The standard InChI is InChI=1S/C24H25N5O2/c1-3-29-14-17(20-12-18(31-2)4-5-22(20)29)13-28-11-8-19-21(15-28)26-23(27-24(19)30)16-6-9-25-10-7-16/h4-7,9-10,12,14H,3,8,11,13,15H2,1-2H3,(H,26,27,30). The molecule has 0 unspecified atom stereocenters. The Balaban J connectivity index is 1.46. The molecule has 158 valence electrons. The van der Waals surface area contributed by atoms with Gasteiger partial charge in [-0.3, -0.25) is 14.7 Å². The predicted octanol–water partition coefficient (Wildman–Crippen LogP) is 3.37. The highest BCUT2D eigenvalue weighted by atomic mass is 16.5. The number of rotatable bonds is 5. The molecular formula is C24H25N5O2. The van der Waals surface area contributed by atoms with Crippen molar-refractivity contribution in [1.29, 1.82) is 0 Å². The van der Waals surface area contributed by atoms with Gasteiger partial charge in [-0.05, 0) is 49.2 Å². The number of H-pyrrole nitrogens is 1. The first-order valence-electron chi connectivity index (χ1n) is 10.6. The number of aryl methyl sites for hydroxylation is 1. The number of aromatic amines is 1. The minimum Gasteiger partial charge on any atom is -0.497 e. The first kappa shape index (κ1) is 19.5. The lowest BCUT2D eigenvalue weighted by Crippen LogP contribution is -2.35. The van der Waals surface area contributed by atoms with E-state index in [2.05, 4.69) is 44.7 Å². The summed E-state index contributed by atoms with van der Waals surface area (Å²) in [7, 11) is 1.70. The van der Waals surface area contributed by atoms with Crippen LogP contribution in [0.2, 0.25) is 0 Å². The molecule has 0 saturated carbocycles. The first-order chi connectivity index (χ1) is 15.2. The number of fused-ring (bicyclic) bond motifs is 2. The maximum absolute atomic E-state index is 12.7. The van der Waals surface area contributed by atoms with Crippen molar-refractivity contribution in [2.75, 3.05) is 13.7 Å². The van der Waals surface area contributed by atoms with Crippen molar-refractivity contribution in [3.8, 4) is 17.1 Å². The monoisotopic (exact) mass is 415 g/mol. The van der Waals surface area contributed by atoms with Gasteiger partial charge in [0.25, 0.3) is 5.56 Å². The Morgan fingerprint density at radius 3 is 2.81 bits per heavy atom. The van der Waals surface area contributed by atoms with E-state index in [1.54, 1.807) is 19.5 Å². The Bertz CT molecular complexity index is 1290. The molecule has 31 heavy (non-hydrogen) atoms. The second-order valence-corrected chi connectivity index (χ2v) is 7.86. The summed E-state index contributed by atoms with van der Waals surface area (Å²) in [4.78, 5) is 26.8. The van der Waals surface area contributed by atoms with Gasteiger partial charge in [-0.2, -0.15) is 0 Å². The van der Waals surface area contributed by atoms with Gasteiger partial charge in [0.1, 0.15) is 11.6 Å². The molecule has 0 fully saturated rings. The number of hydrogen-bond acceptors (Lipinski definition) is 5. The van der Waals surface area contributed by atoms with Gasteiger partial charge in [-0.25, -0.2) is 4.98 Å². The minimum atomic E-state index is -0.0382. The minimum absolute atomic E-state index is 0.0382. The highest BCUT2D eigenvalue weighted by Gasteiger charge is 2.22. The van der Waals surface area contributed by atoms with Crippen molar-refractivity contribution in [3.05, 3.63) is 76.1 Å². The fourth-order valence-corrected chi connectivity index (χ4v) is 4.38. The lowest BCUT2D eigenvalue weighted by atomic mass is 10.0. The van der Waals surface area contributed by atoms with Gasteiger partial charge in [0.2, 0.25) is 0 Å². The molecule has 1 N–H and O–H groups in total. The SMILES string of the molecule is CCn1cc(CN2CCc3c(nc(-c4ccncc4)[nH]c3=O)C2)c2cc(OC)ccc21. The van der Waals surface area contributed by atoms with Crippen LogP contribution in [-0.2, 0) is 26.1 Å². The molecular weight excluding hydrogens is 390 g/mol. The first-order valence-corrected chi connectivity index (χ1v) is 10.6. The molecule has 0 radical (unpaired) electrons. The summed E-state index contributed by atoms with van der Waals surface area (Å²) in [6.45, 7) is 5.35. The van der Waals surface area contributed by atoms with Crippen LogP contribution in [0.15, 0.2) is 53.7 Å². The van der Waals surface area contributed by atoms with Crippen molar-refractivity contribution < 1.29 is 4.74 Å². The lowest BCUT2D eigenvalue weighted by Gasteiger charge is -2.27. The van der Waals surface area contributed by atoms with E-state index >= 15 is 0 Å². The van der Waals surface area contributed by atoms with E-state index in [4.69, 9.17) is 9.72 Å². The topological polar surface area (TPSA) is 76.0 Å². The van der Waals surface area contributed by atoms with Crippen LogP contribution in [0.3, 0.4) is 0 Å². The maximum Gasteiger partial charge on any atom is 0.254 e. The van der Waals surface area contributed by atoms with Crippen LogP contribution in [0.25, 0.3) is 22.3 Å². The Morgan fingerprint density at radius 2 is 2.03 bits per heavy atom. The number of nitrogens with zero attached hydrogens (tertiary/aromatic N) is 4. The van der Waals surface area contributed by atoms with Gasteiger partial charge in [0.05, 0.1) is 12.8 Å². The largest absolute Gasteiger partial charge is 0.497 e. The van der Waals surface area contributed by atoms with Gasteiger partial charge in [0, 0.05) is 66.8 Å². The third kappa shape index (κ3) is 3.61. The number of benzene rings is 1. The summed E-state index contributed by atoms with van der Waals surface area (Å²) in [5.41, 5.74) is 4.96. The molecule has 7 nitrogen and oxygen atoms in total. The van der Waals surface area contributed by atoms with Crippen molar-refractivity contribution in [3.63, 3.8) is 0 Å². The smallest absolute Gasteiger partial charge is 0.254 e. The molecule has 0 bridgehead atoms. The van der Waals surface area contributed by atoms with E-state index in [-0.39, 0.29) is 5.56 Å². The second kappa shape index (κ2) is 8.00. The summed E-state index contributed by atoms with van der Waals surface area (Å²) in [5.74, 6) is 1.46. The molecule has 1 aromatic carbocycles. The van der Waals surface area contributed by atoms with Crippen LogP contribution in [0.5, 0.6) is 5.75 Å². The number of aromatic nitrogens is 4. The quantitative estimate of drug-likeness (QED) is 0.541. The molecule has 0 spiro atoms. The zero-order chi connectivity index (χ0) is 21.4. The lowest BCUT2D eigenvalue weighted by molar-refractivity contribution is 0.241. The van der Waals surface area contributed by atoms with Crippen LogP contribution in [0, 0.1) is 0 Å². The molecule has 3 aromatic heterocycles. The van der Waals surface area contributed by atoms with E-state index < -0.39 is 0 Å². The van der Waals surface area contributed by atoms with Crippen LogP contribution < -0.4 is 10.3 Å². The highest BCUT2D eigenvalue weighted by Crippen LogP contribution is 2.28. The molecule has 1 aliphatic rings. The van der Waals surface area contributed by atoms with Gasteiger partial charge < -0.3 is 14.3 Å². The van der Waals surface area contributed by atoms with Gasteiger partial charge in [-0.15, -0.1) is 0 Å². The van der Waals surface area contributed by atoms with Gasteiger partial charge in [0.15, 0.2) is 0 Å². The van der Waals surface area contributed by atoms with Crippen molar-refractivity contribution in [2.45, 2.75) is 33.0 Å². The highest BCUT2D eigenvalue weighted by molar-refractivity contribution is 5.85. The van der Waals surface area contributed by atoms with Crippen LogP contribution in [0.4, 0.5) is 0 Å². The Labute approximate surface area is 180 Å². The van der Waals surface area contributed by atoms with Gasteiger partial charge >= 0.3 is 0 Å². The number of ether oxygens (including phenoxy) is 1. The van der Waals surface area contributed by atoms with Crippen LogP contribution >= 0.6 is 0 Å². The summed E-state index contributed by atoms with van der Waals surface area (Å²) < 4.78 is 7.72. The number of methoxy groups -OCH3 is 1. The molecule has 7 heteroatoms. The number of hydrogen-bond donors (Lipinski definition) is 1. The fourth-order valence-electron chi connectivity index (χ4n) is 4.38. The zero-order valence-corrected chi connectivity index (χ0v) is 17.8. The molecule has 0 aliphatic carbocycles. The average Bonchev–Trinajstić information content (AvgIpc) is 3.16. The van der Waals surface area contributed by atoms with E-state index in [0.29, 0.717) is 18.8 Å². The maximum atomic E-state index is 12.7. The summed E-state index contributed by atoms with van der Waals surface area (Å²) in [6.07, 6.45) is 6.34. The van der Waals surface area contributed by atoms with Crippen molar-refractivity contribution in [1.82, 2.24) is 24.4 Å². The third-order valence-corrected chi connectivity index (χ3v) is 6.01. The van der Waals surface area contributed by atoms with E-state index in [9.17, 15) is 4.79 Å².